The maximum absolute atomic E-state index is 4.96. The van der Waals surface area contributed by atoms with Crippen LogP contribution in [-0.4, -0.2) is 9.55 Å². The summed E-state index contributed by atoms with van der Waals surface area (Å²) < 4.78 is 4.95. The number of hydrogen-bond acceptors (Lipinski definition) is 3. The fourth-order valence-corrected chi connectivity index (χ4v) is 11.0. The normalized spacial score (nSPS) is 13.0. The van der Waals surface area contributed by atoms with Gasteiger partial charge in [-0.3, -0.25) is 4.98 Å². The molecule has 0 fully saturated rings. The molecule has 0 atom stereocenters. The summed E-state index contributed by atoms with van der Waals surface area (Å²) in [6, 6.07) is 70.9. The predicted octanol–water partition coefficient (Wildman–Crippen LogP) is 15.7. The largest absolute Gasteiger partial charge is 0.310 e. The van der Waals surface area contributed by atoms with Gasteiger partial charge >= 0.3 is 0 Å². The number of pyridine rings is 1. The fourth-order valence-electron chi connectivity index (χ4n) is 9.81. The van der Waals surface area contributed by atoms with Gasteiger partial charge in [0.2, 0.25) is 0 Å². The zero-order valence-corrected chi connectivity index (χ0v) is 34.1. The molecule has 0 saturated heterocycles. The van der Waals surface area contributed by atoms with E-state index in [1.54, 1.807) is 0 Å². The van der Waals surface area contributed by atoms with Gasteiger partial charge in [0.05, 0.1) is 16.7 Å². The van der Waals surface area contributed by atoms with Crippen LogP contribution >= 0.6 is 11.3 Å². The molecule has 8 aromatic carbocycles. The highest BCUT2D eigenvalue weighted by Crippen LogP contribution is 2.52. The van der Waals surface area contributed by atoms with Crippen molar-refractivity contribution in [3.8, 4) is 39.2 Å². The van der Waals surface area contributed by atoms with E-state index >= 15 is 0 Å². The molecule has 284 valence electrons. The molecule has 12 rings (SSSR count). The Morgan fingerprint density at radius 3 is 1.98 bits per heavy atom. The summed E-state index contributed by atoms with van der Waals surface area (Å²) in [6.45, 7) is 4.72. The van der Waals surface area contributed by atoms with Crippen LogP contribution in [-0.2, 0) is 5.41 Å². The van der Waals surface area contributed by atoms with Crippen molar-refractivity contribution in [3.63, 3.8) is 0 Å². The Kier molecular flexibility index (Phi) is 7.75. The van der Waals surface area contributed by atoms with Gasteiger partial charge in [0.1, 0.15) is 0 Å². The third-order valence-electron chi connectivity index (χ3n) is 12.6. The minimum Gasteiger partial charge on any atom is -0.310 e. The van der Waals surface area contributed by atoms with Gasteiger partial charge in [0.15, 0.2) is 0 Å². The van der Waals surface area contributed by atoms with Crippen molar-refractivity contribution in [2.24, 2.45) is 0 Å². The van der Waals surface area contributed by atoms with E-state index in [9.17, 15) is 0 Å². The molecule has 0 amide bonds. The second kappa shape index (κ2) is 13.4. The van der Waals surface area contributed by atoms with Crippen molar-refractivity contribution in [2.45, 2.75) is 19.3 Å². The molecule has 0 spiro atoms. The van der Waals surface area contributed by atoms with Crippen molar-refractivity contribution in [1.82, 2.24) is 9.55 Å². The zero-order chi connectivity index (χ0) is 40.0. The molecule has 4 heteroatoms. The Labute approximate surface area is 353 Å². The number of aromatic nitrogens is 2. The summed E-state index contributed by atoms with van der Waals surface area (Å²) in [5, 5.41) is 5.00. The van der Waals surface area contributed by atoms with Crippen molar-refractivity contribution >= 4 is 70.4 Å². The topological polar surface area (TPSA) is 21.1 Å². The Balaban J connectivity index is 1.16. The van der Waals surface area contributed by atoms with Crippen LogP contribution in [0.1, 0.15) is 25.0 Å². The minimum atomic E-state index is -0.112. The van der Waals surface area contributed by atoms with Crippen molar-refractivity contribution in [3.05, 3.63) is 211 Å². The molecule has 3 heterocycles. The summed E-state index contributed by atoms with van der Waals surface area (Å²) in [5.74, 6) is 0. The smallest absolute Gasteiger partial charge is 0.0717 e. The lowest BCUT2D eigenvalue weighted by atomic mass is 9.82. The molecule has 60 heavy (non-hydrogen) atoms. The van der Waals surface area contributed by atoms with Crippen LogP contribution in [0, 0.1) is 0 Å². The van der Waals surface area contributed by atoms with Crippen LogP contribution in [0.25, 0.3) is 81.2 Å². The summed E-state index contributed by atoms with van der Waals surface area (Å²) in [4.78, 5) is 7.39. The van der Waals surface area contributed by atoms with Crippen LogP contribution in [0.2, 0.25) is 0 Å². The van der Waals surface area contributed by atoms with Crippen molar-refractivity contribution < 1.29 is 0 Å². The van der Waals surface area contributed by atoms with E-state index in [0.29, 0.717) is 0 Å². The second-order valence-corrected chi connectivity index (χ2v) is 17.4. The average Bonchev–Trinajstić information content (AvgIpc) is 3.92. The van der Waals surface area contributed by atoms with Crippen LogP contribution in [0.4, 0.5) is 17.1 Å². The Bertz CT molecular complexity index is 3440. The molecule has 0 saturated carbocycles. The van der Waals surface area contributed by atoms with Gasteiger partial charge in [-0.15, -0.1) is 11.3 Å². The van der Waals surface area contributed by atoms with E-state index in [2.05, 4.69) is 211 Å². The number of nitrogens with zero attached hydrogens (tertiary/aromatic N) is 3. The third kappa shape index (κ3) is 5.24. The van der Waals surface area contributed by atoms with Gasteiger partial charge in [0, 0.05) is 70.9 Å². The minimum absolute atomic E-state index is 0.112. The van der Waals surface area contributed by atoms with Gasteiger partial charge < -0.3 is 9.47 Å². The summed E-state index contributed by atoms with van der Waals surface area (Å²) in [5.41, 5.74) is 16.7. The lowest BCUT2D eigenvalue weighted by Crippen LogP contribution is -2.16. The van der Waals surface area contributed by atoms with Crippen LogP contribution in [0.5, 0.6) is 0 Å². The van der Waals surface area contributed by atoms with Crippen LogP contribution in [0.3, 0.4) is 0 Å². The zero-order valence-electron chi connectivity index (χ0n) is 33.3. The van der Waals surface area contributed by atoms with Gasteiger partial charge in [-0.25, -0.2) is 0 Å². The van der Waals surface area contributed by atoms with Gasteiger partial charge in [0.25, 0.3) is 0 Å². The summed E-state index contributed by atoms with van der Waals surface area (Å²) in [6.07, 6.45) is 1.91. The first-order chi connectivity index (χ1) is 29.5. The van der Waals surface area contributed by atoms with Gasteiger partial charge in [-0.1, -0.05) is 129 Å². The molecule has 1 aliphatic carbocycles. The molecule has 3 nitrogen and oxygen atoms in total. The predicted molar refractivity (Wildman–Crippen MR) is 255 cm³/mol. The van der Waals surface area contributed by atoms with Crippen molar-refractivity contribution in [2.75, 3.05) is 4.90 Å². The standard InChI is InChI=1S/C56H39N3S/c1-56(2)47-23-13-12-22-42(47)43-29-26-41(34-48(43)56)58(38-18-8-4-9-19-38)40-27-30-52-46(33-40)54-53-44-28-25-37(36-16-6-3-7-17-36)32-50(44)59(39-20-10-5-11-21-39)51(53)35-45(55(54)60-52)49-24-14-15-31-57-49/h3-35H,1-2H3. The molecule has 0 bridgehead atoms. The highest BCUT2D eigenvalue weighted by atomic mass is 32.1. The third-order valence-corrected chi connectivity index (χ3v) is 13.8. The lowest BCUT2D eigenvalue weighted by Gasteiger charge is -2.28. The summed E-state index contributed by atoms with van der Waals surface area (Å²) >= 11 is 1.86. The SMILES string of the molecule is CC1(C)c2ccccc2-c2ccc(N(c3ccccc3)c3ccc4sc5c(-c6ccccn6)cc6c(c7ccc(-c8ccccc8)cc7n6-c6ccccc6)c5c4c3)cc21. The number of thiophene rings is 1. The monoisotopic (exact) mass is 785 g/mol. The van der Waals surface area contributed by atoms with E-state index < -0.39 is 0 Å². The van der Waals surface area contributed by atoms with Gasteiger partial charge in [-0.2, -0.15) is 0 Å². The van der Waals surface area contributed by atoms with E-state index in [-0.39, 0.29) is 5.41 Å². The maximum atomic E-state index is 4.96. The first-order valence-corrected chi connectivity index (χ1v) is 21.4. The number of para-hydroxylation sites is 2. The van der Waals surface area contributed by atoms with Gasteiger partial charge in [-0.05, 0) is 112 Å². The Morgan fingerprint density at radius 1 is 0.483 bits per heavy atom. The molecule has 0 radical (unpaired) electrons. The highest BCUT2D eigenvalue weighted by Gasteiger charge is 2.36. The Hall–Kier alpha value is -7.27. The molecular weight excluding hydrogens is 747 g/mol. The molecule has 3 aromatic heterocycles. The first kappa shape index (κ1) is 34.7. The molecule has 0 unspecified atom stereocenters. The number of hydrogen-bond donors (Lipinski definition) is 0. The quantitative estimate of drug-likeness (QED) is 0.167. The van der Waals surface area contributed by atoms with Crippen LogP contribution < -0.4 is 4.90 Å². The second-order valence-electron chi connectivity index (χ2n) is 16.4. The average molecular weight is 786 g/mol. The number of benzene rings is 8. The summed E-state index contributed by atoms with van der Waals surface area (Å²) in [7, 11) is 0. The first-order valence-electron chi connectivity index (χ1n) is 20.6. The molecule has 0 N–H and O–H groups in total. The van der Waals surface area contributed by atoms with Crippen molar-refractivity contribution in [1.29, 1.82) is 0 Å². The Morgan fingerprint density at radius 2 is 1.18 bits per heavy atom. The van der Waals surface area contributed by atoms with E-state index in [1.807, 2.05) is 23.6 Å². The van der Waals surface area contributed by atoms with E-state index in [4.69, 9.17) is 4.98 Å². The number of rotatable bonds is 6. The number of anilines is 3. The number of fused-ring (bicyclic) bond motifs is 10. The lowest BCUT2D eigenvalue weighted by molar-refractivity contribution is 0.660. The molecule has 11 aromatic rings. The molecule has 1 aliphatic rings. The van der Waals surface area contributed by atoms with Crippen LogP contribution in [0.15, 0.2) is 200 Å². The highest BCUT2D eigenvalue weighted by molar-refractivity contribution is 7.26. The molecular formula is C56H39N3S. The van der Waals surface area contributed by atoms with E-state index in [0.717, 1.165) is 34.0 Å². The maximum Gasteiger partial charge on any atom is 0.0717 e. The fraction of sp³-hybridized carbons (Fsp3) is 0.0536. The molecule has 0 aliphatic heterocycles. The van der Waals surface area contributed by atoms with E-state index in [1.165, 1.54) is 75.4 Å².